The van der Waals surface area contributed by atoms with Gasteiger partial charge in [-0.3, -0.25) is 0 Å². The number of aliphatic hydroxyl groups excluding tert-OH is 1. The third kappa shape index (κ3) is 5.12. The van der Waals surface area contributed by atoms with Crippen LogP contribution in [0.15, 0.2) is 43.5 Å². The number of carbonyl (C=O) groups excluding carboxylic acids is 2. The minimum absolute atomic E-state index is 0.0348. The second-order valence-corrected chi connectivity index (χ2v) is 3.75. The van der Waals surface area contributed by atoms with Gasteiger partial charge in [0.15, 0.2) is 6.79 Å². The Labute approximate surface area is 122 Å². The van der Waals surface area contributed by atoms with Crippen LogP contribution in [-0.2, 0) is 19.0 Å². The summed E-state index contributed by atoms with van der Waals surface area (Å²) in [4.78, 5) is 22.5. The van der Waals surface area contributed by atoms with Gasteiger partial charge in [-0.2, -0.15) is 0 Å². The van der Waals surface area contributed by atoms with Crippen molar-refractivity contribution in [1.29, 1.82) is 0 Å². The van der Waals surface area contributed by atoms with Gasteiger partial charge >= 0.3 is 11.9 Å². The van der Waals surface area contributed by atoms with Gasteiger partial charge in [0, 0.05) is 11.6 Å². The highest BCUT2D eigenvalue weighted by atomic mass is 16.6. The Kier molecular flexibility index (Phi) is 6.70. The highest BCUT2D eigenvalue weighted by Gasteiger charge is 2.14. The molecule has 0 fully saturated rings. The first kappa shape index (κ1) is 16.5. The van der Waals surface area contributed by atoms with E-state index >= 15 is 0 Å². The van der Waals surface area contributed by atoms with E-state index in [1.54, 1.807) is 18.2 Å². The summed E-state index contributed by atoms with van der Waals surface area (Å²) < 4.78 is 14.6. The lowest BCUT2D eigenvalue weighted by Gasteiger charge is -2.12. The minimum Gasteiger partial charge on any atom is -0.490 e. The van der Waals surface area contributed by atoms with Gasteiger partial charge in [0.1, 0.15) is 19.0 Å². The van der Waals surface area contributed by atoms with Crippen molar-refractivity contribution >= 4 is 17.7 Å². The molecule has 0 spiro atoms. The second kappa shape index (κ2) is 8.55. The molecule has 1 aromatic rings. The lowest BCUT2D eigenvalue weighted by atomic mass is 10.1. The van der Waals surface area contributed by atoms with Crippen molar-refractivity contribution in [3.05, 3.63) is 54.6 Å². The molecule has 0 aliphatic carbocycles. The first-order valence-electron chi connectivity index (χ1n) is 6.08. The molecule has 1 aromatic carbocycles. The SMILES string of the molecule is C=CC(=O)OCCOC(=C)c1ccccc1C(=O)OCO. The summed E-state index contributed by atoms with van der Waals surface area (Å²) in [6.45, 7) is 6.39. The van der Waals surface area contributed by atoms with Crippen molar-refractivity contribution in [3.8, 4) is 0 Å². The molecule has 112 valence electrons. The lowest BCUT2D eigenvalue weighted by Crippen LogP contribution is -2.11. The predicted octanol–water partition coefficient (Wildman–Crippen LogP) is 1.51. The number of carbonyl (C=O) groups is 2. The maximum atomic E-state index is 11.7. The molecule has 21 heavy (non-hydrogen) atoms. The molecule has 0 atom stereocenters. The third-order valence-electron chi connectivity index (χ3n) is 2.41. The quantitative estimate of drug-likeness (QED) is 0.257. The van der Waals surface area contributed by atoms with E-state index < -0.39 is 18.7 Å². The smallest absolute Gasteiger partial charge is 0.340 e. The fourth-order valence-corrected chi connectivity index (χ4v) is 1.48. The molecule has 0 saturated carbocycles. The molecule has 0 unspecified atom stereocenters. The van der Waals surface area contributed by atoms with Crippen molar-refractivity contribution in [2.75, 3.05) is 20.0 Å². The van der Waals surface area contributed by atoms with Crippen LogP contribution in [0.25, 0.3) is 5.76 Å². The largest absolute Gasteiger partial charge is 0.490 e. The summed E-state index contributed by atoms with van der Waals surface area (Å²) >= 11 is 0. The van der Waals surface area contributed by atoms with Crippen molar-refractivity contribution in [1.82, 2.24) is 0 Å². The summed E-state index contributed by atoms with van der Waals surface area (Å²) in [5.74, 6) is -0.998. The zero-order valence-electron chi connectivity index (χ0n) is 11.4. The van der Waals surface area contributed by atoms with Crippen LogP contribution in [0.3, 0.4) is 0 Å². The normalized spacial score (nSPS) is 9.57. The number of benzene rings is 1. The van der Waals surface area contributed by atoms with E-state index in [9.17, 15) is 9.59 Å². The van der Waals surface area contributed by atoms with Gasteiger partial charge in [-0.1, -0.05) is 31.4 Å². The third-order valence-corrected chi connectivity index (χ3v) is 2.41. The van der Waals surface area contributed by atoms with Gasteiger partial charge in [0.2, 0.25) is 0 Å². The summed E-state index contributed by atoms with van der Waals surface area (Å²) in [6.07, 6.45) is 1.05. The van der Waals surface area contributed by atoms with Gasteiger partial charge in [-0.15, -0.1) is 0 Å². The average Bonchev–Trinajstić information content (AvgIpc) is 2.51. The Morgan fingerprint density at radius 1 is 1.10 bits per heavy atom. The molecule has 0 aliphatic rings. The molecular formula is C15H16O6. The maximum Gasteiger partial charge on any atom is 0.340 e. The Morgan fingerprint density at radius 2 is 1.71 bits per heavy atom. The van der Waals surface area contributed by atoms with Gasteiger partial charge in [-0.05, 0) is 6.07 Å². The molecule has 0 aliphatic heterocycles. The topological polar surface area (TPSA) is 82.1 Å². The van der Waals surface area contributed by atoms with E-state index in [-0.39, 0.29) is 24.5 Å². The Morgan fingerprint density at radius 3 is 2.33 bits per heavy atom. The molecule has 6 nitrogen and oxygen atoms in total. The van der Waals surface area contributed by atoms with Crippen molar-refractivity contribution in [2.45, 2.75) is 0 Å². The summed E-state index contributed by atoms with van der Waals surface area (Å²) in [7, 11) is 0. The van der Waals surface area contributed by atoms with Crippen molar-refractivity contribution < 1.29 is 28.9 Å². The van der Waals surface area contributed by atoms with Gasteiger partial charge in [0.05, 0.1) is 5.56 Å². The molecule has 6 heteroatoms. The van der Waals surface area contributed by atoms with Crippen LogP contribution in [0.2, 0.25) is 0 Å². The predicted molar refractivity (Wildman–Crippen MR) is 75.1 cm³/mol. The van der Waals surface area contributed by atoms with Crippen molar-refractivity contribution in [3.63, 3.8) is 0 Å². The standard InChI is InChI=1S/C15H16O6/c1-3-14(17)20-9-8-19-11(2)12-6-4-5-7-13(12)15(18)21-10-16/h3-7,16H,1-2,8-10H2. The number of hydrogen-bond acceptors (Lipinski definition) is 6. The zero-order chi connectivity index (χ0) is 15.7. The molecule has 1 N–H and O–H groups in total. The Balaban J connectivity index is 2.63. The maximum absolute atomic E-state index is 11.7. The molecule has 0 aromatic heterocycles. The fraction of sp³-hybridized carbons (Fsp3) is 0.200. The molecular weight excluding hydrogens is 276 g/mol. The summed E-state index contributed by atoms with van der Waals surface area (Å²) in [6, 6.07) is 6.51. The number of aliphatic hydroxyl groups is 1. The zero-order valence-corrected chi connectivity index (χ0v) is 11.4. The van der Waals surface area contributed by atoms with Crippen LogP contribution >= 0.6 is 0 Å². The monoisotopic (exact) mass is 292 g/mol. The molecule has 0 heterocycles. The molecule has 0 radical (unpaired) electrons. The van der Waals surface area contributed by atoms with Gasteiger partial charge in [0.25, 0.3) is 0 Å². The molecule has 0 amide bonds. The van der Waals surface area contributed by atoms with E-state index in [1.807, 2.05) is 0 Å². The van der Waals surface area contributed by atoms with E-state index in [1.165, 1.54) is 6.07 Å². The highest BCUT2D eigenvalue weighted by molar-refractivity contribution is 5.94. The van der Waals surface area contributed by atoms with E-state index in [0.29, 0.717) is 5.56 Å². The average molecular weight is 292 g/mol. The molecule has 1 rings (SSSR count). The van der Waals surface area contributed by atoms with Crippen LogP contribution in [-0.4, -0.2) is 37.1 Å². The number of ether oxygens (including phenoxy) is 3. The number of hydrogen-bond donors (Lipinski definition) is 1. The Bertz CT molecular complexity index is 535. The Hall–Kier alpha value is -2.60. The van der Waals surface area contributed by atoms with Gasteiger partial charge in [-0.25, -0.2) is 9.59 Å². The van der Waals surface area contributed by atoms with E-state index in [2.05, 4.69) is 17.9 Å². The van der Waals surface area contributed by atoms with Gasteiger partial charge < -0.3 is 19.3 Å². The molecule has 0 saturated heterocycles. The van der Waals surface area contributed by atoms with E-state index in [0.717, 1.165) is 6.08 Å². The first-order valence-corrected chi connectivity index (χ1v) is 6.08. The summed E-state index contributed by atoms with van der Waals surface area (Å²) in [5, 5.41) is 8.62. The number of esters is 2. The summed E-state index contributed by atoms with van der Waals surface area (Å²) in [5.41, 5.74) is 0.658. The van der Waals surface area contributed by atoms with Crippen LogP contribution in [0.5, 0.6) is 0 Å². The van der Waals surface area contributed by atoms with Crippen LogP contribution in [0.4, 0.5) is 0 Å². The highest BCUT2D eigenvalue weighted by Crippen LogP contribution is 2.19. The van der Waals surface area contributed by atoms with Crippen molar-refractivity contribution in [2.24, 2.45) is 0 Å². The fourth-order valence-electron chi connectivity index (χ4n) is 1.48. The molecule has 0 bridgehead atoms. The first-order chi connectivity index (χ1) is 10.1. The van der Waals surface area contributed by atoms with Crippen LogP contribution in [0.1, 0.15) is 15.9 Å². The second-order valence-electron chi connectivity index (χ2n) is 3.75. The minimum atomic E-state index is -0.710. The van der Waals surface area contributed by atoms with E-state index in [4.69, 9.17) is 14.6 Å². The lowest BCUT2D eigenvalue weighted by molar-refractivity contribution is -0.138. The van der Waals surface area contributed by atoms with Crippen LogP contribution < -0.4 is 0 Å². The van der Waals surface area contributed by atoms with Crippen LogP contribution in [0, 0.1) is 0 Å². The number of rotatable bonds is 8.